The minimum absolute atomic E-state index is 0.382. The summed E-state index contributed by atoms with van der Waals surface area (Å²) in [6.45, 7) is 7.80. The molecular weight excluding hydrogens is 216 g/mol. The van der Waals surface area contributed by atoms with E-state index in [0.29, 0.717) is 5.41 Å². The van der Waals surface area contributed by atoms with Crippen molar-refractivity contribution >= 4 is 27.4 Å². The van der Waals surface area contributed by atoms with E-state index in [4.69, 9.17) is 0 Å². The average Bonchev–Trinajstić information content (AvgIpc) is 2.60. The summed E-state index contributed by atoms with van der Waals surface area (Å²) in [5.41, 5.74) is 1.47. The van der Waals surface area contributed by atoms with Crippen LogP contribution in [-0.4, -0.2) is 10.9 Å². The lowest BCUT2D eigenvalue weighted by atomic mass is 9.92. The first kappa shape index (κ1) is 11.4. The van der Waals surface area contributed by atoms with Gasteiger partial charge in [-0.15, -0.1) is 0 Å². The fourth-order valence-electron chi connectivity index (χ4n) is 1.57. The van der Waals surface area contributed by atoms with E-state index in [1.165, 1.54) is 16.8 Å². The van der Waals surface area contributed by atoms with Crippen LogP contribution in [0.2, 0.25) is 0 Å². The Morgan fingerprint density at radius 2 is 2.00 bits per heavy atom. The summed E-state index contributed by atoms with van der Waals surface area (Å²) in [6.07, 6.45) is 1.17. The van der Waals surface area contributed by atoms with E-state index in [-0.39, 0.29) is 0 Å². The molecule has 2 rings (SSSR count). The van der Waals surface area contributed by atoms with Crippen molar-refractivity contribution in [2.45, 2.75) is 27.2 Å². The van der Waals surface area contributed by atoms with Gasteiger partial charge in [-0.25, -0.2) is 0 Å². The molecule has 0 saturated carbocycles. The molecule has 0 atom stereocenters. The average molecular weight is 234 g/mol. The van der Waals surface area contributed by atoms with E-state index in [2.05, 4.69) is 48.7 Å². The molecule has 86 valence electrons. The first-order chi connectivity index (χ1) is 7.56. The summed E-state index contributed by atoms with van der Waals surface area (Å²) in [4.78, 5) is 0. The molecule has 0 aliphatic carbocycles. The monoisotopic (exact) mass is 234 g/mol. The van der Waals surface area contributed by atoms with Gasteiger partial charge in [0.25, 0.3) is 0 Å². The Morgan fingerprint density at radius 1 is 1.25 bits per heavy atom. The van der Waals surface area contributed by atoms with Crippen LogP contribution >= 0.6 is 11.5 Å². The minimum atomic E-state index is 0.382. The summed E-state index contributed by atoms with van der Waals surface area (Å²) in [6, 6.07) is 8.27. The molecule has 0 aliphatic rings. The van der Waals surface area contributed by atoms with Crippen molar-refractivity contribution in [3.8, 4) is 0 Å². The summed E-state index contributed by atoms with van der Waals surface area (Å²) in [5, 5.41) is 5.91. The zero-order chi connectivity index (χ0) is 11.6. The van der Waals surface area contributed by atoms with Crippen molar-refractivity contribution in [2.75, 3.05) is 11.9 Å². The highest BCUT2D eigenvalue weighted by atomic mass is 32.1. The molecule has 1 N–H and O–H groups in total. The molecule has 2 nitrogen and oxygen atoms in total. The number of hydrogen-bond acceptors (Lipinski definition) is 3. The smallest absolute Gasteiger partial charge is 0.117 e. The molecular formula is C13H18N2S. The van der Waals surface area contributed by atoms with Gasteiger partial charge in [-0.05, 0) is 35.5 Å². The van der Waals surface area contributed by atoms with Gasteiger partial charge in [0, 0.05) is 11.9 Å². The van der Waals surface area contributed by atoms with Crippen molar-refractivity contribution in [1.82, 2.24) is 4.37 Å². The lowest BCUT2D eigenvalue weighted by Gasteiger charge is -2.17. The molecule has 0 saturated heterocycles. The lowest BCUT2D eigenvalue weighted by molar-refractivity contribution is 0.390. The predicted octanol–water partition coefficient (Wildman–Crippen LogP) is 4.14. The van der Waals surface area contributed by atoms with Gasteiger partial charge in [0.2, 0.25) is 0 Å². The van der Waals surface area contributed by atoms with Crippen LogP contribution in [0, 0.1) is 5.41 Å². The molecule has 3 heteroatoms. The number of rotatable bonds is 3. The second-order valence-electron chi connectivity index (χ2n) is 5.27. The Balaban J connectivity index is 2.05. The molecule has 0 amide bonds. The van der Waals surface area contributed by atoms with Crippen LogP contribution in [0.3, 0.4) is 0 Å². The molecule has 0 unspecified atom stereocenters. The van der Waals surface area contributed by atoms with Crippen molar-refractivity contribution in [2.24, 2.45) is 5.41 Å². The molecule has 16 heavy (non-hydrogen) atoms. The molecule has 0 bridgehead atoms. The van der Waals surface area contributed by atoms with E-state index in [9.17, 15) is 0 Å². The molecule has 1 aromatic carbocycles. The van der Waals surface area contributed by atoms with E-state index in [1.807, 2.05) is 6.07 Å². The number of fused-ring (bicyclic) bond motifs is 1. The van der Waals surface area contributed by atoms with Gasteiger partial charge in [-0.2, -0.15) is 4.37 Å². The third-order valence-corrected chi connectivity index (χ3v) is 3.38. The van der Waals surface area contributed by atoms with Crippen molar-refractivity contribution in [3.05, 3.63) is 24.3 Å². The normalized spacial score (nSPS) is 11.9. The highest BCUT2D eigenvalue weighted by molar-refractivity contribution is 7.11. The topological polar surface area (TPSA) is 24.9 Å². The van der Waals surface area contributed by atoms with Crippen molar-refractivity contribution < 1.29 is 0 Å². The van der Waals surface area contributed by atoms with E-state index >= 15 is 0 Å². The maximum Gasteiger partial charge on any atom is 0.117 e. The van der Waals surface area contributed by atoms with Gasteiger partial charge in [0.05, 0.1) is 5.52 Å². The number of aromatic nitrogens is 1. The van der Waals surface area contributed by atoms with Crippen LogP contribution in [0.4, 0.5) is 5.00 Å². The van der Waals surface area contributed by atoms with Gasteiger partial charge in [-0.1, -0.05) is 32.9 Å². The molecule has 0 fully saturated rings. The van der Waals surface area contributed by atoms with Crippen LogP contribution in [0.25, 0.3) is 10.9 Å². The minimum Gasteiger partial charge on any atom is -0.375 e. The number of nitrogens with one attached hydrogen (secondary N) is 1. The molecule has 2 aromatic rings. The van der Waals surface area contributed by atoms with Crippen molar-refractivity contribution in [3.63, 3.8) is 0 Å². The zero-order valence-electron chi connectivity index (χ0n) is 10.1. The summed E-state index contributed by atoms with van der Waals surface area (Å²) < 4.78 is 4.41. The van der Waals surface area contributed by atoms with Gasteiger partial charge in [0.15, 0.2) is 0 Å². The molecule has 0 spiro atoms. The van der Waals surface area contributed by atoms with E-state index in [0.717, 1.165) is 12.1 Å². The Labute approximate surface area is 101 Å². The molecule has 1 aromatic heterocycles. The van der Waals surface area contributed by atoms with Gasteiger partial charge >= 0.3 is 0 Å². The first-order valence-corrected chi connectivity index (χ1v) is 6.42. The largest absolute Gasteiger partial charge is 0.375 e. The highest BCUT2D eigenvalue weighted by Crippen LogP contribution is 2.28. The fourth-order valence-corrected chi connectivity index (χ4v) is 2.35. The number of hydrogen-bond donors (Lipinski definition) is 1. The van der Waals surface area contributed by atoms with Crippen LogP contribution in [0.5, 0.6) is 0 Å². The maximum atomic E-state index is 4.41. The van der Waals surface area contributed by atoms with Crippen LogP contribution in [0.1, 0.15) is 27.2 Å². The SMILES string of the molecule is CC(C)(C)CCNc1snc2ccccc12. The Bertz CT molecular complexity index is 468. The molecule has 0 aliphatic heterocycles. The number of benzene rings is 1. The quantitative estimate of drug-likeness (QED) is 0.863. The maximum absolute atomic E-state index is 4.41. The van der Waals surface area contributed by atoms with E-state index in [1.54, 1.807) is 11.5 Å². The Kier molecular flexibility index (Phi) is 3.15. The fraction of sp³-hybridized carbons (Fsp3) is 0.462. The second kappa shape index (κ2) is 4.42. The molecule has 1 heterocycles. The number of anilines is 1. The van der Waals surface area contributed by atoms with Crippen LogP contribution in [-0.2, 0) is 0 Å². The Hall–Kier alpha value is -1.09. The molecule has 0 radical (unpaired) electrons. The van der Waals surface area contributed by atoms with E-state index < -0.39 is 0 Å². The van der Waals surface area contributed by atoms with Gasteiger partial charge in [-0.3, -0.25) is 0 Å². The standard InChI is InChI=1S/C13H18N2S/c1-13(2,3)8-9-14-12-10-6-4-5-7-11(10)15-16-12/h4-7,14H,8-9H2,1-3H3. The van der Waals surface area contributed by atoms with Gasteiger partial charge < -0.3 is 5.32 Å². The second-order valence-corrected chi connectivity index (χ2v) is 6.04. The third kappa shape index (κ3) is 2.73. The van der Waals surface area contributed by atoms with Crippen LogP contribution in [0.15, 0.2) is 24.3 Å². The summed E-state index contributed by atoms with van der Waals surface area (Å²) in [7, 11) is 0. The summed E-state index contributed by atoms with van der Waals surface area (Å²) >= 11 is 1.55. The highest BCUT2D eigenvalue weighted by Gasteiger charge is 2.10. The lowest BCUT2D eigenvalue weighted by Crippen LogP contribution is -2.12. The van der Waals surface area contributed by atoms with Gasteiger partial charge in [0.1, 0.15) is 5.00 Å². The first-order valence-electron chi connectivity index (χ1n) is 5.64. The van der Waals surface area contributed by atoms with Crippen molar-refractivity contribution in [1.29, 1.82) is 0 Å². The Morgan fingerprint density at radius 3 is 2.75 bits per heavy atom. The third-order valence-electron chi connectivity index (χ3n) is 2.54. The predicted molar refractivity (Wildman–Crippen MR) is 72.2 cm³/mol. The summed E-state index contributed by atoms with van der Waals surface area (Å²) in [5.74, 6) is 0. The van der Waals surface area contributed by atoms with Crippen LogP contribution < -0.4 is 5.32 Å². The number of nitrogens with zero attached hydrogens (tertiary/aromatic N) is 1. The zero-order valence-corrected chi connectivity index (χ0v) is 10.9.